The van der Waals surface area contributed by atoms with Crippen LogP contribution in [0, 0.1) is 0 Å². The molecule has 96 valence electrons. The molecule has 9 heteroatoms. The van der Waals surface area contributed by atoms with E-state index in [2.05, 4.69) is 14.9 Å². The van der Waals surface area contributed by atoms with E-state index >= 15 is 0 Å². The average Bonchev–Trinajstić information content (AvgIpc) is 2.60. The summed E-state index contributed by atoms with van der Waals surface area (Å²) in [6, 6.07) is 0. The molecule has 0 saturated carbocycles. The summed E-state index contributed by atoms with van der Waals surface area (Å²) in [5.74, 6) is -0.717. The summed E-state index contributed by atoms with van der Waals surface area (Å²) in [5.41, 5.74) is 0. The number of aromatic nitrogens is 3. The summed E-state index contributed by atoms with van der Waals surface area (Å²) in [6.45, 7) is 2.98. The fraction of sp³-hybridized carbons (Fsp3) is 0.625. The number of ether oxygens (including phenoxy) is 1. The number of carbonyl (C=O) groups is 1. The molecule has 1 aromatic rings. The van der Waals surface area contributed by atoms with E-state index in [4.69, 9.17) is 0 Å². The van der Waals surface area contributed by atoms with Crippen molar-refractivity contribution in [1.82, 2.24) is 14.8 Å². The highest BCUT2D eigenvalue weighted by Gasteiger charge is 2.26. The summed E-state index contributed by atoms with van der Waals surface area (Å²) in [4.78, 5) is 11.1. The van der Waals surface area contributed by atoms with Gasteiger partial charge in [0.25, 0.3) is 5.16 Å². The van der Waals surface area contributed by atoms with Crippen molar-refractivity contribution >= 4 is 16.2 Å². The fourth-order valence-electron chi connectivity index (χ4n) is 1.25. The van der Waals surface area contributed by atoms with Gasteiger partial charge < -0.3 is 4.74 Å². The van der Waals surface area contributed by atoms with Crippen LogP contribution >= 0.6 is 0 Å². The van der Waals surface area contributed by atoms with Crippen molar-refractivity contribution in [3.05, 3.63) is 5.82 Å². The minimum atomic E-state index is -5.02. The van der Waals surface area contributed by atoms with Crippen LogP contribution in [0.15, 0.2) is 5.16 Å². The van der Waals surface area contributed by atoms with E-state index in [0.29, 0.717) is 0 Å². The van der Waals surface area contributed by atoms with Crippen LogP contribution in [0.2, 0.25) is 0 Å². The van der Waals surface area contributed by atoms with Gasteiger partial charge in [0.1, 0.15) is 12.4 Å². The quantitative estimate of drug-likeness (QED) is 0.571. The van der Waals surface area contributed by atoms with Gasteiger partial charge >= 0.3 is 16.2 Å². The topological polar surface area (TPSA) is 91.2 Å². The lowest BCUT2D eigenvalue weighted by Crippen LogP contribution is -2.18. The van der Waals surface area contributed by atoms with E-state index in [1.165, 1.54) is 0 Å². The third-order valence-corrected chi connectivity index (χ3v) is 2.73. The smallest absolute Gasteiger partial charge is 0.368 e. The van der Waals surface area contributed by atoms with Crippen LogP contribution < -0.4 is 0 Å². The van der Waals surface area contributed by atoms with Gasteiger partial charge in [-0.2, -0.15) is 8.42 Å². The molecule has 0 amide bonds. The molecule has 0 fully saturated rings. The number of carbonyl (C=O) groups excluding carboxylic acids is 1. The molecule has 17 heavy (non-hydrogen) atoms. The zero-order valence-electron chi connectivity index (χ0n) is 9.55. The third kappa shape index (κ3) is 2.99. The molecule has 1 aromatic heterocycles. The Balaban J connectivity index is 3.30. The molecule has 0 aliphatic heterocycles. The van der Waals surface area contributed by atoms with Crippen molar-refractivity contribution in [2.24, 2.45) is 0 Å². The van der Waals surface area contributed by atoms with Crippen molar-refractivity contribution in [2.45, 2.75) is 31.5 Å². The van der Waals surface area contributed by atoms with Crippen LogP contribution in [0.5, 0.6) is 0 Å². The monoisotopic (exact) mass is 265 g/mol. The van der Waals surface area contributed by atoms with E-state index in [-0.39, 0.29) is 11.7 Å². The molecule has 0 N–H and O–H groups in total. The first-order valence-electron chi connectivity index (χ1n) is 4.72. The highest BCUT2D eigenvalue weighted by atomic mass is 32.3. The van der Waals surface area contributed by atoms with E-state index in [1.807, 2.05) is 0 Å². The van der Waals surface area contributed by atoms with Gasteiger partial charge in [-0.15, -0.1) is 10.2 Å². The van der Waals surface area contributed by atoms with Crippen molar-refractivity contribution in [1.29, 1.82) is 0 Å². The van der Waals surface area contributed by atoms with Crippen LogP contribution in [0.3, 0.4) is 0 Å². The Labute approximate surface area is 97.8 Å². The largest absolute Gasteiger partial charge is 0.468 e. The van der Waals surface area contributed by atoms with Gasteiger partial charge in [-0.3, -0.25) is 9.36 Å². The molecule has 0 atom stereocenters. The van der Waals surface area contributed by atoms with Gasteiger partial charge in [0, 0.05) is 5.92 Å². The van der Waals surface area contributed by atoms with Gasteiger partial charge in [0.2, 0.25) is 0 Å². The molecule has 0 spiro atoms. The van der Waals surface area contributed by atoms with Crippen LogP contribution in [-0.2, 0) is 26.3 Å². The van der Waals surface area contributed by atoms with E-state index < -0.39 is 27.9 Å². The van der Waals surface area contributed by atoms with E-state index in [0.717, 1.165) is 11.7 Å². The Bertz CT molecular complexity index is 523. The number of halogens is 1. The van der Waals surface area contributed by atoms with Crippen molar-refractivity contribution in [2.75, 3.05) is 7.11 Å². The summed E-state index contributed by atoms with van der Waals surface area (Å²) in [5, 5.41) is 5.91. The molecule has 0 aliphatic rings. The van der Waals surface area contributed by atoms with E-state index in [1.54, 1.807) is 13.8 Å². The van der Waals surface area contributed by atoms with Crippen LogP contribution in [0.25, 0.3) is 0 Å². The first kappa shape index (κ1) is 13.6. The number of nitrogens with zero attached hydrogens (tertiary/aromatic N) is 3. The Morgan fingerprint density at radius 1 is 1.47 bits per heavy atom. The second-order valence-electron chi connectivity index (χ2n) is 3.60. The number of rotatable bonds is 4. The molecule has 0 unspecified atom stereocenters. The number of esters is 1. The first-order valence-corrected chi connectivity index (χ1v) is 6.10. The van der Waals surface area contributed by atoms with Crippen molar-refractivity contribution in [3.8, 4) is 0 Å². The second kappa shape index (κ2) is 4.78. The Morgan fingerprint density at radius 3 is 2.47 bits per heavy atom. The predicted molar refractivity (Wildman–Crippen MR) is 54.4 cm³/mol. The van der Waals surface area contributed by atoms with Crippen LogP contribution in [0.1, 0.15) is 25.6 Å². The summed E-state index contributed by atoms with van der Waals surface area (Å²) < 4.78 is 39.8. The molecular weight excluding hydrogens is 253 g/mol. The molecular formula is C8H12FN3O4S. The number of methoxy groups -OCH3 is 1. The first-order chi connectivity index (χ1) is 7.77. The Kier molecular flexibility index (Phi) is 3.81. The molecule has 1 rings (SSSR count). The lowest BCUT2D eigenvalue weighted by atomic mass is 10.2. The lowest BCUT2D eigenvalue weighted by Gasteiger charge is -2.08. The molecule has 0 aliphatic carbocycles. The summed E-state index contributed by atoms with van der Waals surface area (Å²) in [7, 11) is -3.87. The maximum absolute atomic E-state index is 12.9. The molecule has 0 radical (unpaired) electrons. The standard InChI is InChI=1S/C8H12FN3O4S/c1-5(2)7-10-11-8(17(9,14)15)12(7)4-6(13)16-3/h5H,4H2,1-3H3. The molecule has 0 aromatic carbocycles. The van der Waals surface area contributed by atoms with Gasteiger partial charge in [-0.25, -0.2) is 0 Å². The summed E-state index contributed by atoms with van der Waals surface area (Å²) in [6.07, 6.45) is 0. The van der Waals surface area contributed by atoms with Gasteiger partial charge in [-0.1, -0.05) is 17.7 Å². The zero-order valence-corrected chi connectivity index (χ0v) is 10.4. The van der Waals surface area contributed by atoms with Gasteiger partial charge in [0.05, 0.1) is 7.11 Å². The predicted octanol–water partition coefficient (Wildman–Crippen LogP) is 0.233. The van der Waals surface area contributed by atoms with Gasteiger partial charge in [-0.05, 0) is 0 Å². The highest BCUT2D eigenvalue weighted by Crippen LogP contribution is 2.17. The molecule has 0 bridgehead atoms. The van der Waals surface area contributed by atoms with Crippen molar-refractivity contribution < 1.29 is 21.8 Å². The minimum absolute atomic E-state index is 0.201. The highest BCUT2D eigenvalue weighted by molar-refractivity contribution is 7.86. The maximum Gasteiger partial charge on any atom is 0.368 e. The Hall–Kier alpha value is -1.51. The van der Waals surface area contributed by atoms with Crippen molar-refractivity contribution in [3.63, 3.8) is 0 Å². The third-order valence-electron chi connectivity index (χ3n) is 1.99. The van der Waals surface area contributed by atoms with Gasteiger partial charge in [0.15, 0.2) is 0 Å². The second-order valence-corrected chi connectivity index (χ2v) is 4.84. The maximum atomic E-state index is 12.9. The normalized spacial score (nSPS) is 11.8. The zero-order chi connectivity index (χ0) is 13.2. The van der Waals surface area contributed by atoms with Crippen LogP contribution in [-0.4, -0.2) is 36.3 Å². The average molecular weight is 265 g/mol. The Morgan fingerprint density at radius 2 is 2.06 bits per heavy atom. The number of hydrogen-bond donors (Lipinski definition) is 0. The van der Waals surface area contributed by atoms with Crippen LogP contribution in [0.4, 0.5) is 3.89 Å². The molecule has 1 heterocycles. The molecule has 0 saturated heterocycles. The lowest BCUT2D eigenvalue weighted by molar-refractivity contribution is -0.141. The minimum Gasteiger partial charge on any atom is -0.468 e. The van der Waals surface area contributed by atoms with E-state index in [9.17, 15) is 17.1 Å². The molecule has 7 nitrogen and oxygen atoms in total. The fourth-order valence-corrected chi connectivity index (χ4v) is 1.81. The summed E-state index contributed by atoms with van der Waals surface area (Å²) >= 11 is 0. The number of hydrogen-bond acceptors (Lipinski definition) is 6. The SMILES string of the molecule is COC(=O)Cn1c(C(C)C)nnc1S(=O)(=O)F.